The molecule has 3 amide bonds. The van der Waals surface area contributed by atoms with E-state index in [4.69, 9.17) is 0 Å². The second-order valence-corrected chi connectivity index (χ2v) is 6.46. The summed E-state index contributed by atoms with van der Waals surface area (Å²) in [5.41, 5.74) is 0.759. The van der Waals surface area contributed by atoms with Crippen molar-refractivity contribution in [2.45, 2.75) is 19.3 Å². The van der Waals surface area contributed by atoms with Gasteiger partial charge in [0.1, 0.15) is 5.75 Å². The van der Waals surface area contributed by atoms with Crippen LogP contribution in [0.15, 0.2) is 48.5 Å². The fraction of sp³-hybridized carbons (Fsp3) is 0.250. The molecule has 29 heavy (non-hydrogen) atoms. The molecule has 1 aliphatic heterocycles. The van der Waals surface area contributed by atoms with Crippen LogP contribution in [-0.4, -0.2) is 47.5 Å². The predicted molar refractivity (Wildman–Crippen MR) is 96.0 cm³/mol. The molecule has 0 unspecified atom stereocenters. The van der Waals surface area contributed by atoms with Crippen molar-refractivity contribution >= 4 is 17.7 Å². The highest BCUT2D eigenvalue weighted by Crippen LogP contribution is 2.27. The maximum atomic E-state index is 12.5. The lowest BCUT2D eigenvalue weighted by Crippen LogP contribution is -2.35. The van der Waals surface area contributed by atoms with Gasteiger partial charge in [-0.3, -0.25) is 19.3 Å². The van der Waals surface area contributed by atoms with Gasteiger partial charge in [-0.15, -0.1) is 13.2 Å². The molecule has 9 heteroatoms. The van der Waals surface area contributed by atoms with Crippen molar-refractivity contribution in [1.29, 1.82) is 0 Å². The molecule has 0 bridgehead atoms. The van der Waals surface area contributed by atoms with Crippen molar-refractivity contribution < 1.29 is 32.3 Å². The third-order valence-corrected chi connectivity index (χ3v) is 4.46. The molecule has 0 aromatic heterocycles. The van der Waals surface area contributed by atoms with Gasteiger partial charge >= 0.3 is 6.36 Å². The van der Waals surface area contributed by atoms with Crippen LogP contribution in [0.1, 0.15) is 32.7 Å². The summed E-state index contributed by atoms with van der Waals surface area (Å²) >= 11 is 0. The molecular weight excluding hydrogens is 389 g/mol. The highest BCUT2D eigenvalue weighted by atomic mass is 19.4. The lowest BCUT2D eigenvalue weighted by atomic mass is 10.1. The van der Waals surface area contributed by atoms with Crippen molar-refractivity contribution in [2.24, 2.45) is 0 Å². The number of carbonyl (C=O) groups is 3. The summed E-state index contributed by atoms with van der Waals surface area (Å²) in [5.74, 6) is -1.75. The zero-order valence-corrected chi connectivity index (χ0v) is 15.4. The topological polar surface area (TPSA) is 66.9 Å². The van der Waals surface area contributed by atoms with Crippen LogP contribution in [0.2, 0.25) is 0 Å². The highest BCUT2D eigenvalue weighted by molar-refractivity contribution is 6.21. The summed E-state index contributed by atoms with van der Waals surface area (Å²) in [4.78, 5) is 39.2. The molecule has 0 saturated heterocycles. The van der Waals surface area contributed by atoms with Gasteiger partial charge < -0.3 is 9.64 Å². The standard InChI is InChI=1S/C20H17F3N2O4/c1-24(12-13-6-2-5-9-16(13)29-20(21,22)23)17(26)10-11-25-18(27)14-7-3-4-8-15(14)19(25)28/h2-9H,10-12H2,1H3. The molecule has 0 radical (unpaired) electrons. The maximum absolute atomic E-state index is 12.5. The minimum Gasteiger partial charge on any atom is -0.405 e. The minimum absolute atomic E-state index is 0.115. The number of fused-ring (bicyclic) bond motifs is 1. The van der Waals surface area contributed by atoms with E-state index in [1.807, 2.05) is 0 Å². The van der Waals surface area contributed by atoms with Gasteiger partial charge in [0.15, 0.2) is 0 Å². The average molecular weight is 406 g/mol. The summed E-state index contributed by atoms with van der Waals surface area (Å²) in [6, 6.07) is 11.9. The Labute approximate surface area is 164 Å². The Bertz CT molecular complexity index is 924. The molecule has 1 heterocycles. The second-order valence-electron chi connectivity index (χ2n) is 6.46. The number of benzene rings is 2. The largest absolute Gasteiger partial charge is 0.573 e. The number of nitrogens with zero attached hydrogens (tertiary/aromatic N) is 2. The molecule has 1 aliphatic rings. The van der Waals surface area contributed by atoms with Gasteiger partial charge in [0.05, 0.1) is 11.1 Å². The SMILES string of the molecule is CN(Cc1ccccc1OC(F)(F)F)C(=O)CCN1C(=O)c2ccccc2C1=O. The third-order valence-electron chi connectivity index (χ3n) is 4.46. The van der Waals surface area contributed by atoms with Crippen LogP contribution in [-0.2, 0) is 11.3 Å². The van der Waals surface area contributed by atoms with Gasteiger partial charge in [0.25, 0.3) is 11.8 Å². The van der Waals surface area contributed by atoms with Crippen LogP contribution >= 0.6 is 0 Å². The number of amides is 3. The molecule has 2 aromatic rings. The number of rotatable bonds is 6. The van der Waals surface area contributed by atoms with E-state index in [0.717, 1.165) is 4.90 Å². The lowest BCUT2D eigenvalue weighted by molar-refractivity contribution is -0.275. The molecule has 152 valence electrons. The Hall–Kier alpha value is -3.36. The summed E-state index contributed by atoms with van der Waals surface area (Å²) < 4.78 is 41.6. The Morgan fingerprint density at radius 1 is 1.00 bits per heavy atom. The van der Waals surface area contributed by atoms with Crippen LogP contribution in [0.4, 0.5) is 13.2 Å². The van der Waals surface area contributed by atoms with Crippen LogP contribution in [0.25, 0.3) is 0 Å². The van der Waals surface area contributed by atoms with E-state index in [9.17, 15) is 27.6 Å². The van der Waals surface area contributed by atoms with E-state index in [1.165, 1.54) is 36.2 Å². The van der Waals surface area contributed by atoms with Crippen LogP contribution < -0.4 is 4.74 Å². The first kappa shape index (κ1) is 20.4. The molecule has 0 N–H and O–H groups in total. The first-order valence-electron chi connectivity index (χ1n) is 8.70. The Kier molecular flexibility index (Phi) is 5.58. The van der Waals surface area contributed by atoms with Gasteiger partial charge in [-0.1, -0.05) is 30.3 Å². The molecule has 0 atom stereocenters. The molecule has 3 rings (SSSR count). The summed E-state index contributed by atoms with van der Waals surface area (Å²) in [7, 11) is 1.43. The second kappa shape index (κ2) is 7.94. The van der Waals surface area contributed by atoms with Crippen molar-refractivity contribution in [3.05, 3.63) is 65.2 Å². The van der Waals surface area contributed by atoms with Crippen LogP contribution in [0.3, 0.4) is 0 Å². The molecule has 2 aromatic carbocycles. The monoisotopic (exact) mass is 406 g/mol. The van der Waals surface area contributed by atoms with Gasteiger partial charge in [-0.2, -0.15) is 0 Å². The number of alkyl halides is 3. The maximum Gasteiger partial charge on any atom is 0.573 e. The molecule has 0 fully saturated rings. The lowest BCUT2D eigenvalue weighted by Gasteiger charge is -2.21. The smallest absolute Gasteiger partial charge is 0.405 e. The zero-order chi connectivity index (χ0) is 21.2. The van der Waals surface area contributed by atoms with Gasteiger partial charge in [-0.05, 0) is 18.2 Å². The van der Waals surface area contributed by atoms with Crippen molar-refractivity contribution in [3.8, 4) is 5.75 Å². The third kappa shape index (κ3) is 4.56. The quantitative estimate of drug-likeness (QED) is 0.691. The number of halogens is 3. The Morgan fingerprint density at radius 3 is 2.14 bits per heavy atom. The van der Waals surface area contributed by atoms with Crippen LogP contribution in [0, 0.1) is 0 Å². The first-order chi connectivity index (χ1) is 13.7. The predicted octanol–water partition coefficient (Wildman–Crippen LogP) is 3.23. The number of imide groups is 1. The van der Waals surface area contributed by atoms with Gasteiger partial charge in [-0.25, -0.2) is 0 Å². The Balaban J connectivity index is 1.61. The van der Waals surface area contributed by atoms with Crippen molar-refractivity contribution in [2.75, 3.05) is 13.6 Å². The van der Waals surface area contributed by atoms with Crippen molar-refractivity contribution in [1.82, 2.24) is 9.80 Å². The van der Waals surface area contributed by atoms with E-state index in [0.29, 0.717) is 0 Å². The van der Waals surface area contributed by atoms with E-state index in [1.54, 1.807) is 24.3 Å². The normalized spacial score (nSPS) is 13.4. The molecular formula is C20H17F3N2O4. The highest BCUT2D eigenvalue weighted by Gasteiger charge is 2.35. The number of carbonyl (C=O) groups excluding carboxylic acids is 3. The average Bonchev–Trinajstić information content (AvgIpc) is 2.91. The number of hydrogen-bond acceptors (Lipinski definition) is 4. The van der Waals surface area contributed by atoms with Gasteiger partial charge in [0.2, 0.25) is 5.91 Å². The Morgan fingerprint density at radius 2 is 1.55 bits per heavy atom. The van der Waals surface area contributed by atoms with E-state index in [-0.39, 0.29) is 42.0 Å². The summed E-state index contributed by atoms with van der Waals surface area (Å²) in [6.07, 6.45) is -4.99. The number of para-hydroxylation sites is 1. The van der Waals surface area contributed by atoms with E-state index >= 15 is 0 Å². The summed E-state index contributed by atoms with van der Waals surface area (Å²) in [5, 5.41) is 0. The molecule has 6 nitrogen and oxygen atoms in total. The molecule has 0 spiro atoms. The number of ether oxygens (including phenoxy) is 1. The zero-order valence-electron chi connectivity index (χ0n) is 15.4. The molecule has 0 aliphatic carbocycles. The fourth-order valence-electron chi connectivity index (χ4n) is 3.04. The first-order valence-corrected chi connectivity index (χ1v) is 8.70. The number of hydrogen-bond donors (Lipinski definition) is 0. The minimum atomic E-state index is -4.84. The van der Waals surface area contributed by atoms with Crippen molar-refractivity contribution in [3.63, 3.8) is 0 Å². The van der Waals surface area contributed by atoms with Gasteiger partial charge in [0, 0.05) is 32.1 Å². The summed E-state index contributed by atoms with van der Waals surface area (Å²) in [6.45, 7) is -0.233. The van der Waals surface area contributed by atoms with E-state index < -0.39 is 24.1 Å². The molecule has 0 saturated carbocycles. The fourth-order valence-corrected chi connectivity index (χ4v) is 3.04. The van der Waals surface area contributed by atoms with Crippen LogP contribution in [0.5, 0.6) is 5.75 Å². The van der Waals surface area contributed by atoms with E-state index in [2.05, 4.69) is 4.74 Å².